The van der Waals surface area contributed by atoms with Gasteiger partial charge in [0, 0.05) is 31.8 Å². The minimum absolute atomic E-state index is 0.197. The molecule has 0 spiro atoms. The first-order valence-corrected chi connectivity index (χ1v) is 8.61. The van der Waals surface area contributed by atoms with Crippen LogP contribution in [0, 0.1) is 17.5 Å². The molecular weight excluding hydrogens is 382 g/mol. The Morgan fingerprint density at radius 1 is 1.11 bits per heavy atom. The SMILES string of the molecule is CC(C)(O)C(C)(C)[OH+][B]C1C=CC(C(F)(F)Oc2cc(F)c(F)c(F)c2)=CC1. The summed E-state index contributed by atoms with van der Waals surface area (Å²) in [5, 5.41) is 10.1. The van der Waals surface area contributed by atoms with Gasteiger partial charge in [-0.15, -0.1) is 0 Å². The highest BCUT2D eigenvalue weighted by Gasteiger charge is 2.43. The number of hydrogen-bond acceptors (Lipinski definition) is 2. The van der Waals surface area contributed by atoms with Gasteiger partial charge in [-0.3, -0.25) is 0 Å². The first-order valence-electron chi connectivity index (χ1n) is 8.61. The number of hydrogen-bond donors (Lipinski definition) is 1. The van der Waals surface area contributed by atoms with Crippen molar-refractivity contribution in [2.75, 3.05) is 0 Å². The largest absolute Gasteiger partial charge is 0.591 e. The van der Waals surface area contributed by atoms with Crippen LogP contribution >= 0.6 is 0 Å². The van der Waals surface area contributed by atoms with Crippen molar-refractivity contribution in [1.29, 1.82) is 0 Å². The van der Waals surface area contributed by atoms with Gasteiger partial charge < -0.3 is 14.5 Å². The van der Waals surface area contributed by atoms with E-state index in [0.29, 0.717) is 12.1 Å². The normalized spacial score (nSPS) is 18.1. The molecular formula is C19H22BF5O3+. The van der Waals surface area contributed by atoms with E-state index >= 15 is 0 Å². The van der Waals surface area contributed by atoms with Gasteiger partial charge in [0.15, 0.2) is 23.1 Å². The van der Waals surface area contributed by atoms with Crippen LogP contribution in [-0.4, -0.2) is 34.6 Å². The van der Waals surface area contributed by atoms with Crippen LogP contribution in [0.25, 0.3) is 0 Å². The molecule has 0 heterocycles. The van der Waals surface area contributed by atoms with Gasteiger partial charge in [-0.2, -0.15) is 8.78 Å². The van der Waals surface area contributed by atoms with Gasteiger partial charge in [-0.25, -0.2) is 13.2 Å². The maximum absolute atomic E-state index is 14.3. The van der Waals surface area contributed by atoms with Crippen LogP contribution in [0.5, 0.6) is 5.75 Å². The fourth-order valence-corrected chi connectivity index (χ4v) is 2.20. The summed E-state index contributed by atoms with van der Waals surface area (Å²) in [5.41, 5.74) is -2.33. The molecule has 1 aromatic carbocycles. The van der Waals surface area contributed by atoms with E-state index in [-0.39, 0.29) is 12.2 Å². The molecule has 28 heavy (non-hydrogen) atoms. The molecule has 0 aliphatic heterocycles. The fraction of sp³-hybridized carbons (Fsp3) is 0.474. The topological polar surface area (TPSA) is 42.3 Å². The Morgan fingerprint density at radius 3 is 2.14 bits per heavy atom. The van der Waals surface area contributed by atoms with Crippen LogP contribution in [0.15, 0.2) is 35.9 Å². The van der Waals surface area contributed by atoms with E-state index in [2.05, 4.69) is 9.39 Å². The average molecular weight is 404 g/mol. The van der Waals surface area contributed by atoms with Gasteiger partial charge in [0.25, 0.3) is 0 Å². The third-order valence-electron chi connectivity index (χ3n) is 4.76. The third-order valence-corrected chi connectivity index (χ3v) is 4.76. The van der Waals surface area contributed by atoms with E-state index in [1.54, 1.807) is 35.2 Å². The summed E-state index contributed by atoms with van der Waals surface area (Å²) >= 11 is 0. The second-order valence-electron chi connectivity index (χ2n) is 7.63. The summed E-state index contributed by atoms with van der Waals surface area (Å²) in [7, 11) is 1.57. The van der Waals surface area contributed by atoms with Crippen LogP contribution in [0.1, 0.15) is 34.1 Å². The maximum atomic E-state index is 14.3. The van der Waals surface area contributed by atoms with E-state index in [9.17, 15) is 27.1 Å². The number of rotatable bonds is 7. The lowest BCUT2D eigenvalue weighted by molar-refractivity contribution is -0.159. The van der Waals surface area contributed by atoms with Gasteiger partial charge in [0.05, 0.1) is 5.57 Å². The molecule has 0 fully saturated rings. The maximum Gasteiger partial charge on any atom is 0.591 e. The first kappa shape index (κ1) is 22.4. The monoisotopic (exact) mass is 404 g/mol. The van der Waals surface area contributed by atoms with Gasteiger partial charge in [-0.1, -0.05) is 18.2 Å². The van der Waals surface area contributed by atoms with Crippen LogP contribution < -0.4 is 4.74 Å². The van der Waals surface area contributed by atoms with Crippen molar-refractivity contribution in [3.63, 3.8) is 0 Å². The van der Waals surface area contributed by atoms with Gasteiger partial charge in [-0.05, 0) is 20.3 Å². The smallest absolute Gasteiger partial charge is 0.534 e. The van der Waals surface area contributed by atoms with Crippen LogP contribution in [0.2, 0.25) is 5.82 Å². The second kappa shape index (κ2) is 7.87. The molecule has 153 valence electrons. The Morgan fingerprint density at radius 2 is 1.68 bits per heavy atom. The van der Waals surface area contributed by atoms with E-state index in [1.165, 1.54) is 12.2 Å². The van der Waals surface area contributed by atoms with E-state index in [1.807, 2.05) is 0 Å². The molecule has 1 atom stereocenters. The van der Waals surface area contributed by atoms with E-state index < -0.39 is 46.1 Å². The Hall–Kier alpha value is -1.87. The van der Waals surface area contributed by atoms with Gasteiger partial charge >= 0.3 is 13.6 Å². The average Bonchev–Trinajstić information content (AvgIpc) is 2.57. The fourth-order valence-electron chi connectivity index (χ4n) is 2.20. The molecule has 0 aromatic heterocycles. The number of allylic oxidation sites excluding steroid dienone is 2. The van der Waals surface area contributed by atoms with Crippen molar-refractivity contribution in [1.82, 2.24) is 0 Å². The highest BCUT2D eigenvalue weighted by Crippen LogP contribution is 2.35. The number of ether oxygens (including phenoxy) is 1. The summed E-state index contributed by atoms with van der Waals surface area (Å²) in [6.45, 7) is 6.75. The van der Waals surface area contributed by atoms with Crippen molar-refractivity contribution in [3.8, 4) is 5.75 Å². The highest BCUT2D eigenvalue weighted by atomic mass is 19.3. The molecule has 0 saturated carbocycles. The zero-order valence-corrected chi connectivity index (χ0v) is 15.9. The Balaban J connectivity index is 2.01. The lowest BCUT2D eigenvalue weighted by Gasteiger charge is -2.34. The molecule has 3 nitrogen and oxygen atoms in total. The molecule has 9 heteroatoms. The molecule has 1 aliphatic rings. The van der Waals surface area contributed by atoms with Gasteiger partial charge in [0.1, 0.15) is 11.4 Å². The van der Waals surface area contributed by atoms with Crippen LogP contribution in [0.4, 0.5) is 22.0 Å². The zero-order chi connectivity index (χ0) is 21.3. The Bertz CT molecular complexity index is 761. The molecule has 0 amide bonds. The standard InChI is InChI=1S/C19H22BF5O3/c1-17(2,26)18(3,4)28-20-12-7-5-11(6-8-12)19(24,25)27-13-9-14(21)16(23)15(22)10-13/h5-7,9-10,12,26,28H,8H2,1-4H3/q+1. The molecule has 1 aliphatic carbocycles. The predicted molar refractivity (Wildman–Crippen MR) is 95.8 cm³/mol. The van der Waals surface area contributed by atoms with Crippen molar-refractivity contribution >= 4 is 7.48 Å². The zero-order valence-electron chi connectivity index (χ0n) is 15.9. The number of halogens is 5. The molecule has 0 bridgehead atoms. The van der Waals surface area contributed by atoms with Crippen molar-refractivity contribution in [3.05, 3.63) is 53.4 Å². The summed E-state index contributed by atoms with van der Waals surface area (Å²) in [5.74, 6) is -6.09. The minimum Gasteiger partial charge on any atom is -0.534 e. The summed E-state index contributed by atoms with van der Waals surface area (Å²) in [4.78, 5) is 0. The summed E-state index contributed by atoms with van der Waals surface area (Å²) < 4.78 is 76.5. The minimum atomic E-state index is -3.86. The summed E-state index contributed by atoms with van der Waals surface area (Å²) in [6, 6.07) is 0.710. The van der Waals surface area contributed by atoms with Crippen LogP contribution in [0.3, 0.4) is 0 Å². The lowest BCUT2D eigenvalue weighted by atomic mass is 9.73. The van der Waals surface area contributed by atoms with E-state index in [0.717, 1.165) is 6.08 Å². The predicted octanol–water partition coefficient (Wildman–Crippen LogP) is 4.45. The first-order chi connectivity index (χ1) is 12.7. The van der Waals surface area contributed by atoms with Crippen molar-refractivity contribution in [2.24, 2.45) is 0 Å². The molecule has 2 rings (SSSR count). The molecule has 1 radical (unpaired) electrons. The molecule has 1 aromatic rings. The van der Waals surface area contributed by atoms with Gasteiger partial charge in [0.2, 0.25) is 0 Å². The Labute approximate surface area is 161 Å². The highest BCUT2D eigenvalue weighted by molar-refractivity contribution is 6.30. The lowest BCUT2D eigenvalue weighted by Crippen LogP contribution is -2.50. The second-order valence-corrected chi connectivity index (χ2v) is 7.63. The quantitative estimate of drug-likeness (QED) is 0.316. The molecule has 2 N–H and O–H groups in total. The van der Waals surface area contributed by atoms with Crippen LogP contribution in [-0.2, 0) is 0 Å². The van der Waals surface area contributed by atoms with E-state index in [4.69, 9.17) is 0 Å². The number of aliphatic hydroxyl groups is 2. The van der Waals surface area contributed by atoms with Crippen molar-refractivity contribution in [2.45, 2.75) is 57.2 Å². The molecule has 1 unspecified atom stereocenters. The number of benzene rings is 1. The third kappa shape index (κ3) is 5.14. The van der Waals surface area contributed by atoms with Crippen molar-refractivity contribution < 1.29 is 36.4 Å². The molecule has 0 saturated heterocycles. The summed E-state index contributed by atoms with van der Waals surface area (Å²) in [6.07, 6.45) is 0.184. The Kier molecular flexibility index (Phi) is 6.30. The number of alkyl halides is 2.